The maximum atomic E-state index is 15.2. The Labute approximate surface area is 200 Å². The zero-order chi connectivity index (χ0) is 23.9. The SMILES string of the molecule is CC1(OC(=O)N2C[C@H]3COC[C@@H](C2)C3Oc2ncnc(Nc3ccc(C#N)cc3Cl)c2F)CC1. The lowest BCUT2D eigenvalue weighted by atomic mass is 9.84. The highest BCUT2D eigenvalue weighted by Gasteiger charge is 2.47. The molecule has 2 aliphatic heterocycles. The largest absolute Gasteiger partial charge is 0.471 e. The van der Waals surface area contributed by atoms with Crippen molar-refractivity contribution in [2.45, 2.75) is 31.5 Å². The van der Waals surface area contributed by atoms with Crippen LogP contribution in [0.25, 0.3) is 0 Å². The highest BCUT2D eigenvalue weighted by atomic mass is 35.5. The molecule has 1 aromatic heterocycles. The van der Waals surface area contributed by atoms with Crippen molar-refractivity contribution >= 4 is 29.2 Å². The van der Waals surface area contributed by atoms with Crippen LogP contribution in [0.15, 0.2) is 24.5 Å². The fraction of sp³-hybridized carbons (Fsp3) is 0.478. The molecule has 5 rings (SSSR count). The number of aromatic nitrogens is 2. The van der Waals surface area contributed by atoms with Gasteiger partial charge in [-0.05, 0) is 38.0 Å². The number of halogens is 2. The Balaban J connectivity index is 1.30. The number of amides is 1. The number of ether oxygens (including phenoxy) is 3. The second kappa shape index (κ2) is 8.89. The average molecular weight is 488 g/mol. The predicted molar refractivity (Wildman–Crippen MR) is 119 cm³/mol. The van der Waals surface area contributed by atoms with Gasteiger partial charge in [0, 0.05) is 24.9 Å². The van der Waals surface area contributed by atoms with Crippen LogP contribution in [0.3, 0.4) is 0 Å². The molecular formula is C23H23ClFN5O4. The van der Waals surface area contributed by atoms with E-state index in [0.717, 1.165) is 12.8 Å². The second-order valence-corrected chi connectivity index (χ2v) is 9.54. The molecular weight excluding hydrogens is 465 g/mol. The zero-order valence-electron chi connectivity index (χ0n) is 18.5. The molecule has 3 aliphatic rings. The van der Waals surface area contributed by atoms with Gasteiger partial charge in [0.25, 0.3) is 5.88 Å². The normalized spacial score (nSPS) is 24.6. The summed E-state index contributed by atoms with van der Waals surface area (Å²) < 4.78 is 32.6. The van der Waals surface area contributed by atoms with Gasteiger partial charge in [-0.3, -0.25) is 0 Å². The number of nitrogens with zero attached hydrogens (tertiary/aromatic N) is 4. The number of nitrogens with one attached hydrogen (secondary N) is 1. The molecule has 1 aliphatic carbocycles. The molecule has 0 radical (unpaired) electrons. The highest BCUT2D eigenvalue weighted by Crippen LogP contribution is 2.40. The van der Waals surface area contributed by atoms with E-state index in [1.54, 1.807) is 17.0 Å². The number of carbonyl (C=O) groups is 1. The Morgan fingerprint density at radius 2 is 2.06 bits per heavy atom. The Kier molecular flexibility index (Phi) is 5.91. The molecule has 1 amide bonds. The van der Waals surface area contributed by atoms with E-state index in [0.29, 0.717) is 37.6 Å². The number of benzene rings is 1. The number of likely N-dealkylation sites (tertiary alicyclic amines) is 1. The molecule has 34 heavy (non-hydrogen) atoms. The summed E-state index contributed by atoms with van der Waals surface area (Å²) in [4.78, 5) is 22.2. The lowest BCUT2D eigenvalue weighted by molar-refractivity contribution is -0.112. The third-order valence-electron chi connectivity index (χ3n) is 6.41. The Morgan fingerprint density at radius 3 is 2.71 bits per heavy atom. The number of hydrogen-bond acceptors (Lipinski definition) is 8. The number of fused-ring (bicyclic) bond motifs is 2. The van der Waals surface area contributed by atoms with Crippen LogP contribution in [0, 0.1) is 29.0 Å². The smallest absolute Gasteiger partial charge is 0.410 e. The Hall–Kier alpha value is -3.16. The number of carbonyl (C=O) groups excluding carboxylic acids is 1. The van der Waals surface area contributed by atoms with E-state index < -0.39 is 5.82 Å². The molecule has 3 atom stereocenters. The van der Waals surface area contributed by atoms with Crippen molar-refractivity contribution in [2.75, 3.05) is 31.6 Å². The molecule has 1 saturated carbocycles. The van der Waals surface area contributed by atoms with Crippen LogP contribution in [0.5, 0.6) is 5.88 Å². The molecule has 9 nitrogen and oxygen atoms in total. The zero-order valence-corrected chi connectivity index (χ0v) is 19.2. The Morgan fingerprint density at radius 1 is 1.32 bits per heavy atom. The lowest BCUT2D eigenvalue weighted by Crippen LogP contribution is -2.59. The number of rotatable bonds is 5. The van der Waals surface area contributed by atoms with Crippen LogP contribution in [0.2, 0.25) is 5.02 Å². The van der Waals surface area contributed by atoms with Gasteiger partial charge in [-0.15, -0.1) is 0 Å². The van der Waals surface area contributed by atoms with Crippen molar-refractivity contribution in [1.29, 1.82) is 5.26 Å². The van der Waals surface area contributed by atoms with Gasteiger partial charge in [-0.1, -0.05) is 11.6 Å². The van der Waals surface area contributed by atoms with Gasteiger partial charge in [-0.2, -0.15) is 14.6 Å². The van der Waals surface area contributed by atoms with Crippen LogP contribution in [0.4, 0.5) is 20.7 Å². The molecule has 3 heterocycles. The Bertz CT molecular complexity index is 1140. The molecule has 3 fully saturated rings. The first-order valence-electron chi connectivity index (χ1n) is 11.0. The molecule has 2 bridgehead atoms. The van der Waals surface area contributed by atoms with Crippen molar-refractivity contribution in [3.05, 3.63) is 40.9 Å². The van der Waals surface area contributed by atoms with Crippen molar-refractivity contribution in [1.82, 2.24) is 14.9 Å². The maximum absolute atomic E-state index is 15.2. The van der Waals surface area contributed by atoms with Crippen molar-refractivity contribution in [2.24, 2.45) is 11.8 Å². The van der Waals surface area contributed by atoms with Crippen molar-refractivity contribution < 1.29 is 23.4 Å². The van der Waals surface area contributed by atoms with Crippen LogP contribution in [-0.4, -0.2) is 59.0 Å². The summed E-state index contributed by atoms with van der Waals surface area (Å²) in [6, 6.07) is 6.60. The van der Waals surface area contributed by atoms with Gasteiger partial charge < -0.3 is 24.4 Å². The summed E-state index contributed by atoms with van der Waals surface area (Å²) in [5.74, 6) is -1.34. The highest BCUT2D eigenvalue weighted by molar-refractivity contribution is 6.33. The fourth-order valence-electron chi connectivity index (χ4n) is 4.26. The lowest BCUT2D eigenvalue weighted by Gasteiger charge is -2.46. The molecule has 178 valence electrons. The first-order chi connectivity index (χ1) is 16.3. The van der Waals surface area contributed by atoms with Gasteiger partial charge in [0.15, 0.2) is 5.82 Å². The predicted octanol–water partition coefficient (Wildman–Crippen LogP) is 3.90. The van der Waals surface area contributed by atoms with E-state index >= 15 is 4.39 Å². The molecule has 11 heteroatoms. The number of hydrogen-bond donors (Lipinski definition) is 1. The topological polar surface area (TPSA) is 110 Å². The molecule has 1 aromatic carbocycles. The van der Waals surface area contributed by atoms with E-state index in [-0.39, 0.29) is 46.4 Å². The van der Waals surface area contributed by atoms with E-state index in [4.69, 9.17) is 31.1 Å². The first-order valence-corrected chi connectivity index (χ1v) is 11.4. The van der Waals surface area contributed by atoms with E-state index in [2.05, 4.69) is 15.3 Å². The summed E-state index contributed by atoms with van der Waals surface area (Å²) >= 11 is 6.19. The van der Waals surface area contributed by atoms with Gasteiger partial charge in [0.1, 0.15) is 18.0 Å². The van der Waals surface area contributed by atoms with Crippen LogP contribution >= 0.6 is 11.6 Å². The van der Waals surface area contributed by atoms with Crippen LogP contribution in [-0.2, 0) is 9.47 Å². The molecule has 1 N–H and O–H groups in total. The second-order valence-electron chi connectivity index (χ2n) is 9.14. The first kappa shape index (κ1) is 22.6. The van der Waals surface area contributed by atoms with Gasteiger partial charge in [-0.25, -0.2) is 9.78 Å². The molecule has 2 saturated heterocycles. The maximum Gasteiger partial charge on any atom is 0.410 e. The molecule has 0 spiro atoms. The van der Waals surface area contributed by atoms with Gasteiger partial charge in [0.2, 0.25) is 5.82 Å². The average Bonchev–Trinajstić information content (AvgIpc) is 3.53. The van der Waals surface area contributed by atoms with Crippen LogP contribution < -0.4 is 10.1 Å². The number of anilines is 2. The van der Waals surface area contributed by atoms with Crippen LogP contribution in [0.1, 0.15) is 25.3 Å². The van der Waals surface area contributed by atoms with E-state index in [9.17, 15) is 4.79 Å². The standard InChI is InChI=1S/C23H23ClFN5O4/c1-23(4-5-23)34-22(31)30-8-14-10-32-11-15(9-30)19(14)33-21-18(25)20(27-12-28-21)29-17-3-2-13(7-26)6-16(17)24/h2-3,6,12,14-15,19H,4-5,8-11H2,1H3,(H,27,28,29)/t14-,15+,19?. The van der Waals surface area contributed by atoms with Crippen molar-refractivity contribution in [3.63, 3.8) is 0 Å². The molecule has 2 aromatic rings. The number of nitriles is 1. The third-order valence-corrected chi connectivity index (χ3v) is 6.72. The van der Waals surface area contributed by atoms with E-state index in [1.165, 1.54) is 12.4 Å². The van der Waals surface area contributed by atoms with E-state index in [1.807, 2.05) is 13.0 Å². The molecule has 1 unspecified atom stereocenters. The summed E-state index contributed by atoms with van der Waals surface area (Å²) in [5.41, 5.74) is 0.435. The number of piperidine rings is 1. The van der Waals surface area contributed by atoms with Gasteiger partial charge in [0.05, 0.1) is 35.6 Å². The van der Waals surface area contributed by atoms with Crippen molar-refractivity contribution in [3.8, 4) is 11.9 Å². The minimum absolute atomic E-state index is 0.100. The minimum atomic E-state index is -0.759. The minimum Gasteiger partial charge on any atom is -0.471 e. The quantitative estimate of drug-likeness (QED) is 0.676. The summed E-state index contributed by atoms with van der Waals surface area (Å²) in [5, 5.41) is 12.1. The summed E-state index contributed by atoms with van der Waals surface area (Å²) in [6.45, 7) is 3.50. The third kappa shape index (κ3) is 4.58. The summed E-state index contributed by atoms with van der Waals surface area (Å²) in [6.07, 6.45) is 2.27. The summed E-state index contributed by atoms with van der Waals surface area (Å²) in [7, 11) is 0. The fourth-order valence-corrected chi connectivity index (χ4v) is 4.49. The van der Waals surface area contributed by atoms with Gasteiger partial charge >= 0.3 is 6.09 Å². The monoisotopic (exact) mass is 487 g/mol.